The smallest absolute Gasteiger partial charge is 0.246 e. The minimum absolute atomic E-state index is 0.141. The molecule has 1 saturated heterocycles. The predicted molar refractivity (Wildman–Crippen MR) is 108 cm³/mol. The van der Waals surface area contributed by atoms with E-state index in [2.05, 4.69) is 0 Å². The summed E-state index contributed by atoms with van der Waals surface area (Å²) in [6.07, 6.45) is 3.03. The highest BCUT2D eigenvalue weighted by Gasteiger charge is 2.30. The molecule has 0 saturated carbocycles. The first kappa shape index (κ1) is 20.4. The summed E-state index contributed by atoms with van der Waals surface area (Å²) in [7, 11) is -3.70. The Morgan fingerprint density at radius 3 is 2.30 bits per heavy atom. The molecule has 1 fully saturated rings. The number of ether oxygens (including phenoxy) is 2. The van der Waals surface area contributed by atoms with Gasteiger partial charge in [-0.2, -0.15) is 4.31 Å². The normalized spacial score (nSPS) is 17.3. The van der Waals surface area contributed by atoms with Crippen LogP contribution in [0.2, 0.25) is 0 Å². The van der Waals surface area contributed by atoms with Crippen molar-refractivity contribution in [1.29, 1.82) is 0 Å². The van der Waals surface area contributed by atoms with Crippen molar-refractivity contribution in [3.63, 3.8) is 0 Å². The van der Waals surface area contributed by atoms with Crippen LogP contribution < -0.4 is 9.47 Å². The molecule has 1 amide bonds. The Morgan fingerprint density at radius 1 is 0.933 bits per heavy atom. The highest BCUT2D eigenvalue weighted by molar-refractivity contribution is 7.89. The van der Waals surface area contributed by atoms with E-state index in [1.807, 2.05) is 0 Å². The van der Waals surface area contributed by atoms with Gasteiger partial charge in [0.2, 0.25) is 15.9 Å². The van der Waals surface area contributed by atoms with Gasteiger partial charge in [-0.3, -0.25) is 4.79 Å². The van der Waals surface area contributed by atoms with Gasteiger partial charge in [0.25, 0.3) is 0 Å². The van der Waals surface area contributed by atoms with Gasteiger partial charge in [-0.15, -0.1) is 0 Å². The maximum Gasteiger partial charge on any atom is 0.246 e. The lowest BCUT2D eigenvalue weighted by Gasteiger charge is -2.33. The molecule has 0 aromatic heterocycles. The van der Waals surface area contributed by atoms with Gasteiger partial charge in [0, 0.05) is 38.3 Å². The monoisotopic (exact) mass is 432 g/mol. The molecular weight excluding hydrogens is 411 g/mol. The molecule has 2 heterocycles. The third-order valence-corrected chi connectivity index (χ3v) is 6.88. The number of hydrogen-bond acceptors (Lipinski definition) is 5. The predicted octanol–water partition coefficient (Wildman–Crippen LogP) is 2.14. The van der Waals surface area contributed by atoms with Gasteiger partial charge in [-0.25, -0.2) is 12.8 Å². The Hall–Kier alpha value is -2.91. The molecule has 7 nitrogen and oxygen atoms in total. The molecular formula is C21H21FN2O5S. The summed E-state index contributed by atoms with van der Waals surface area (Å²) in [4.78, 5) is 14.1. The summed E-state index contributed by atoms with van der Waals surface area (Å²) in [5.74, 6) is 0.398. The molecule has 0 radical (unpaired) electrons. The molecule has 0 atom stereocenters. The zero-order valence-corrected chi connectivity index (χ0v) is 17.0. The first-order valence-electron chi connectivity index (χ1n) is 9.56. The number of carbonyl (C=O) groups excluding carboxylic acids is 1. The highest BCUT2D eigenvalue weighted by atomic mass is 32.2. The van der Waals surface area contributed by atoms with Crippen LogP contribution in [0.3, 0.4) is 0 Å². The minimum Gasteiger partial charge on any atom is -0.486 e. The minimum atomic E-state index is -3.70. The van der Waals surface area contributed by atoms with Crippen LogP contribution in [0.5, 0.6) is 11.5 Å². The van der Waals surface area contributed by atoms with Gasteiger partial charge < -0.3 is 14.4 Å². The van der Waals surface area contributed by atoms with Crippen LogP contribution in [0.15, 0.2) is 53.4 Å². The van der Waals surface area contributed by atoms with E-state index in [4.69, 9.17) is 9.47 Å². The number of nitrogens with zero attached hydrogens (tertiary/aromatic N) is 2. The molecule has 0 spiro atoms. The third kappa shape index (κ3) is 4.31. The van der Waals surface area contributed by atoms with Crippen LogP contribution in [0.1, 0.15) is 5.56 Å². The summed E-state index contributed by atoms with van der Waals surface area (Å²) in [5, 5.41) is 0. The van der Waals surface area contributed by atoms with E-state index in [0.29, 0.717) is 30.3 Å². The zero-order chi connectivity index (χ0) is 21.1. The number of hydrogen-bond donors (Lipinski definition) is 0. The molecule has 4 rings (SSSR count). The Kier molecular flexibility index (Phi) is 5.74. The van der Waals surface area contributed by atoms with E-state index in [9.17, 15) is 17.6 Å². The number of benzene rings is 2. The van der Waals surface area contributed by atoms with E-state index >= 15 is 0 Å². The summed E-state index contributed by atoms with van der Waals surface area (Å²) in [6, 6.07) is 10.4. The Balaban J connectivity index is 1.38. The van der Waals surface area contributed by atoms with Crippen molar-refractivity contribution in [2.24, 2.45) is 0 Å². The van der Waals surface area contributed by atoms with E-state index < -0.39 is 10.0 Å². The second kappa shape index (κ2) is 8.45. The number of halogens is 1. The number of fused-ring (bicyclic) bond motifs is 1. The number of carbonyl (C=O) groups is 1. The summed E-state index contributed by atoms with van der Waals surface area (Å²) in [6.45, 7) is 1.79. The lowest BCUT2D eigenvalue weighted by atomic mass is 10.2. The van der Waals surface area contributed by atoms with Crippen LogP contribution in [-0.2, 0) is 14.8 Å². The van der Waals surface area contributed by atoms with Gasteiger partial charge >= 0.3 is 0 Å². The molecule has 0 N–H and O–H groups in total. The van der Waals surface area contributed by atoms with Crippen molar-refractivity contribution in [1.82, 2.24) is 9.21 Å². The fraction of sp³-hybridized carbons (Fsp3) is 0.286. The topological polar surface area (TPSA) is 76.2 Å². The lowest BCUT2D eigenvalue weighted by molar-refractivity contribution is -0.127. The van der Waals surface area contributed by atoms with Crippen molar-refractivity contribution < 1.29 is 27.1 Å². The molecule has 158 valence electrons. The largest absolute Gasteiger partial charge is 0.486 e. The maximum atomic E-state index is 13.0. The first-order valence-corrected chi connectivity index (χ1v) is 11.0. The van der Waals surface area contributed by atoms with Gasteiger partial charge in [-0.05, 0) is 35.9 Å². The fourth-order valence-corrected chi connectivity index (χ4v) is 4.77. The van der Waals surface area contributed by atoms with Gasteiger partial charge in [0.05, 0.1) is 4.90 Å². The SMILES string of the molecule is O=C(C=Cc1ccc(F)cc1)N1CCN(S(=O)(=O)c2ccc3c(c2)OCCO3)CC1. The van der Waals surface area contributed by atoms with Crippen molar-refractivity contribution in [3.8, 4) is 11.5 Å². The molecule has 2 aliphatic heterocycles. The molecule has 0 unspecified atom stereocenters. The average molecular weight is 432 g/mol. The quantitative estimate of drug-likeness (QED) is 0.692. The third-order valence-electron chi connectivity index (χ3n) is 4.99. The summed E-state index contributed by atoms with van der Waals surface area (Å²) < 4.78 is 51.2. The van der Waals surface area contributed by atoms with Crippen molar-refractivity contribution >= 4 is 22.0 Å². The number of rotatable bonds is 4. The number of sulfonamides is 1. The van der Waals surface area contributed by atoms with E-state index in [0.717, 1.165) is 0 Å². The Bertz CT molecular complexity index is 1060. The first-order chi connectivity index (χ1) is 14.4. The highest BCUT2D eigenvalue weighted by Crippen LogP contribution is 2.33. The molecule has 2 aliphatic rings. The van der Waals surface area contributed by atoms with Gasteiger partial charge in [0.1, 0.15) is 19.0 Å². The molecule has 0 aliphatic carbocycles. The molecule has 2 aromatic carbocycles. The van der Waals surface area contributed by atoms with Crippen LogP contribution in [0.4, 0.5) is 4.39 Å². The van der Waals surface area contributed by atoms with Crippen LogP contribution >= 0.6 is 0 Å². The second-order valence-electron chi connectivity index (χ2n) is 6.92. The van der Waals surface area contributed by atoms with E-state index in [1.165, 1.54) is 34.6 Å². The van der Waals surface area contributed by atoms with Gasteiger partial charge in [0.15, 0.2) is 11.5 Å². The molecule has 2 aromatic rings. The van der Waals surface area contributed by atoms with Gasteiger partial charge in [-0.1, -0.05) is 12.1 Å². The molecule has 9 heteroatoms. The standard InChI is InChI=1S/C21H21FN2O5S/c22-17-4-1-16(2-5-17)3-8-21(25)23-9-11-24(12-10-23)30(26,27)18-6-7-19-20(15-18)29-14-13-28-19/h1-8,15H,9-14H2. The summed E-state index contributed by atoms with van der Waals surface area (Å²) >= 11 is 0. The van der Waals surface area contributed by atoms with Crippen LogP contribution in [0.25, 0.3) is 6.08 Å². The maximum absolute atomic E-state index is 13.0. The number of amides is 1. The van der Waals surface area contributed by atoms with Crippen LogP contribution in [-0.4, -0.2) is 62.9 Å². The van der Waals surface area contributed by atoms with E-state index in [1.54, 1.807) is 29.2 Å². The lowest BCUT2D eigenvalue weighted by Crippen LogP contribution is -2.50. The van der Waals surface area contributed by atoms with Crippen LogP contribution in [0, 0.1) is 5.82 Å². The fourth-order valence-electron chi connectivity index (χ4n) is 3.33. The second-order valence-corrected chi connectivity index (χ2v) is 8.86. The molecule has 0 bridgehead atoms. The van der Waals surface area contributed by atoms with Crippen molar-refractivity contribution in [2.75, 3.05) is 39.4 Å². The Morgan fingerprint density at radius 2 is 1.60 bits per heavy atom. The Labute approximate surface area is 174 Å². The van der Waals surface area contributed by atoms with Crippen molar-refractivity contribution in [3.05, 3.63) is 59.9 Å². The number of piperazine rings is 1. The molecule has 30 heavy (non-hydrogen) atoms. The average Bonchev–Trinajstić information content (AvgIpc) is 2.78. The van der Waals surface area contributed by atoms with E-state index in [-0.39, 0.29) is 42.8 Å². The zero-order valence-electron chi connectivity index (χ0n) is 16.2. The summed E-state index contributed by atoms with van der Waals surface area (Å²) in [5.41, 5.74) is 0.713. The van der Waals surface area contributed by atoms with Crippen molar-refractivity contribution in [2.45, 2.75) is 4.90 Å².